The topological polar surface area (TPSA) is 45.2 Å². The maximum Gasteiger partial charge on any atom is 0.229 e. The second-order valence-electron chi connectivity index (χ2n) is 4.71. The minimum atomic E-state index is -0.0348. The number of anilines is 2. The molecule has 1 atom stereocenters. The van der Waals surface area contributed by atoms with Gasteiger partial charge in [-0.15, -0.1) is 11.3 Å². The van der Waals surface area contributed by atoms with Crippen LogP contribution in [0.5, 0.6) is 0 Å². The van der Waals surface area contributed by atoms with Gasteiger partial charge in [0.05, 0.1) is 23.8 Å². The molecule has 2 aromatic rings. The van der Waals surface area contributed by atoms with Gasteiger partial charge >= 0.3 is 0 Å². The number of fused-ring (bicyclic) bond motifs is 1. The number of hydrogen-bond acceptors (Lipinski definition) is 4. The third-order valence-electron chi connectivity index (χ3n) is 3.25. The predicted molar refractivity (Wildman–Crippen MR) is 77.4 cm³/mol. The molecule has 0 unspecified atom stereocenters. The minimum Gasteiger partial charge on any atom is -0.362 e. The van der Waals surface area contributed by atoms with Crippen molar-refractivity contribution in [2.75, 3.05) is 16.8 Å². The first-order chi connectivity index (χ1) is 9.24. The molecule has 0 spiro atoms. The Kier molecular flexibility index (Phi) is 3.21. The summed E-state index contributed by atoms with van der Waals surface area (Å²) in [7, 11) is 0. The molecule has 19 heavy (non-hydrogen) atoms. The number of carbonyl (C=O) groups excluding carboxylic acids is 1. The van der Waals surface area contributed by atoms with Gasteiger partial charge in [-0.3, -0.25) is 4.79 Å². The Hall–Kier alpha value is -1.88. The highest BCUT2D eigenvalue weighted by atomic mass is 32.1. The summed E-state index contributed by atoms with van der Waals surface area (Å²) >= 11 is 1.64. The fourth-order valence-electron chi connectivity index (χ4n) is 2.27. The van der Waals surface area contributed by atoms with E-state index in [-0.39, 0.29) is 11.8 Å². The maximum atomic E-state index is 12.0. The van der Waals surface area contributed by atoms with E-state index in [9.17, 15) is 4.79 Å². The van der Waals surface area contributed by atoms with Crippen LogP contribution in [0, 0.1) is 5.92 Å². The van der Waals surface area contributed by atoms with Gasteiger partial charge in [0.1, 0.15) is 5.01 Å². The zero-order valence-electron chi connectivity index (χ0n) is 10.7. The summed E-state index contributed by atoms with van der Waals surface area (Å²) in [6.07, 6.45) is 1.82. The Bertz CT molecular complexity index is 582. The smallest absolute Gasteiger partial charge is 0.229 e. The summed E-state index contributed by atoms with van der Waals surface area (Å²) in [5.41, 5.74) is 1.95. The molecule has 3 rings (SSSR count). The molecular formula is C14H15N3OS. The van der Waals surface area contributed by atoms with Crippen molar-refractivity contribution < 1.29 is 4.79 Å². The summed E-state index contributed by atoms with van der Waals surface area (Å²) in [5, 5.41) is 6.03. The molecule has 0 saturated heterocycles. The minimum absolute atomic E-state index is 0.0348. The van der Waals surface area contributed by atoms with Gasteiger partial charge in [-0.25, -0.2) is 4.98 Å². The predicted octanol–water partition coefficient (Wildman–Crippen LogP) is 2.74. The molecule has 0 radical (unpaired) electrons. The second kappa shape index (κ2) is 5.01. The van der Waals surface area contributed by atoms with Crippen LogP contribution < -0.4 is 10.2 Å². The van der Waals surface area contributed by atoms with E-state index in [1.54, 1.807) is 11.3 Å². The molecule has 1 aliphatic rings. The second-order valence-corrected chi connectivity index (χ2v) is 5.69. The maximum absolute atomic E-state index is 12.0. The highest BCUT2D eigenvalue weighted by Crippen LogP contribution is 2.31. The van der Waals surface area contributed by atoms with E-state index in [0.29, 0.717) is 6.54 Å². The Morgan fingerprint density at radius 2 is 2.32 bits per heavy atom. The van der Waals surface area contributed by atoms with Gasteiger partial charge in [-0.1, -0.05) is 19.1 Å². The quantitative estimate of drug-likeness (QED) is 0.915. The van der Waals surface area contributed by atoms with Crippen LogP contribution in [0.2, 0.25) is 0 Å². The van der Waals surface area contributed by atoms with Gasteiger partial charge in [0.15, 0.2) is 0 Å². The molecule has 0 saturated carbocycles. The number of hydrogen-bond donors (Lipinski definition) is 1. The number of thiazole rings is 1. The van der Waals surface area contributed by atoms with Crippen molar-refractivity contribution in [3.8, 4) is 0 Å². The zero-order valence-corrected chi connectivity index (χ0v) is 11.5. The molecule has 1 aromatic carbocycles. The van der Waals surface area contributed by atoms with Gasteiger partial charge in [-0.05, 0) is 12.1 Å². The summed E-state index contributed by atoms with van der Waals surface area (Å²) < 4.78 is 0. The molecule has 1 aromatic heterocycles. The average Bonchev–Trinajstić information content (AvgIpc) is 2.87. The van der Waals surface area contributed by atoms with Gasteiger partial charge in [-0.2, -0.15) is 0 Å². The number of rotatable bonds is 2. The van der Waals surface area contributed by atoms with E-state index in [2.05, 4.69) is 15.2 Å². The monoisotopic (exact) mass is 273 g/mol. The Morgan fingerprint density at radius 1 is 1.47 bits per heavy atom. The van der Waals surface area contributed by atoms with Crippen molar-refractivity contribution >= 4 is 28.6 Å². The molecule has 2 heterocycles. The number of nitrogens with zero attached hydrogens (tertiary/aromatic N) is 2. The normalized spacial score (nSPS) is 18.7. The standard InChI is InChI=1S/C14H15N3OS/c1-10-8-17(9-13-15-6-7-19-13)12-5-3-2-4-11(12)16-14(10)18/h2-7,10H,8-9H2,1H3,(H,16,18)/t10-/m1/s1. The fourth-order valence-corrected chi connectivity index (χ4v) is 2.90. The molecule has 1 aliphatic heterocycles. The molecule has 0 fully saturated rings. The lowest BCUT2D eigenvalue weighted by Crippen LogP contribution is -2.30. The molecular weight excluding hydrogens is 258 g/mol. The number of carbonyl (C=O) groups is 1. The molecule has 1 N–H and O–H groups in total. The molecule has 4 nitrogen and oxygen atoms in total. The summed E-state index contributed by atoms with van der Waals surface area (Å²) in [6, 6.07) is 7.92. The van der Waals surface area contributed by atoms with E-state index in [1.165, 1.54) is 0 Å². The van der Waals surface area contributed by atoms with E-state index >= 15 is 0 Å². The third-order valence-corrected chi connectivity index (χ3v) is 4.02. The number of amides is 1. The van der Waals surface area contributed by atoms with Gasteiger partial charge < -0.3 is 10.2 Å². The first kappa shape index (κ1) is 12.2. The van der Waals surface area contributed by atoms with E-state index in [1.807, 2.05) is 42.8 Å². The molecule has 5 heteroatoms. The number of aromatic nitrogens is 1. The van der Waals surface area contributed by atoms with Crippen molar-refractivity contribution in [1.82, 2.24) is 4.98 Å². The van der Waals surface area contributed by atoms with Crippen molar-refractivity contribution in [3.05, 3.63) is 40.8 Å². The molecule has 0 bridgehead atoms. The van der Waals surface area contributed by atoms with Crippen LogP contribution in [0.15, 0.2) is 35.8 Å². The third kappa shape index (κ3) is 2.46. The molecule has 98 valence electrons. The highest BCUT2D eigenvalue weighted by molar-refractivity contribution is 7.09. The van der Waals surface area contributed by atoms with Crippen LogP contribution in [-0.4, -0.2) is 17.4 Å². The van der Waals surface area contributed by atoms with Crippen LogP contribution >= 0.6 is 11.3 Å². The molecule has 1 amide bonds. The Labute approximate surface area is 116 Å². The van der Waals surface area contributed by atoms with E-state index in [0.717, 1.165) is 22.9 Å². The summed E-state index contributed by atoms with van der Waals surface area (Å²) in [5.74, 6) is 0.0430. The lowest BCUT2D eigenvalue weighted by Gasteiger charge is -2.24. The fraction of sp³-hybridized carbons (Fsp3) is 0.286. The van der Waals surface area contributed by atoms with Crippen molar-refractivity contribution in [1.29, 1.82) is 0 Å². The number of benzene rings is 1. The average molecular weight is 273 g/mol. The van der Waals surface area contributed by atoms with Crippen molar-refractivity contribution in [3.63, 3.8) is 0 Å². The van der Waals surface area contributed by atoms with Crippen LogP contribution in [-0.2, 0) is 11.3 Å². The summed E-state index contributed by atoms with van der Waals surface area (Å²) in [4.78, 5) is 18.5. The van der Waals surface area contributed by atoms with Gasteiger partial charge in [0.2, 0.25) is 5.91 Å². The van der Waals surface area contributed by atoms with Crippen LogP contribution in [0.25, 0.3) is 0 Å². The van der Waals surface area contributed by atoms with Crippen LogP contribution in [0.1, 0.15) is 11.9 Å². The van der Waals surface area contributed by atoms with Crippen LogP contribution in [0.3, 0.4) is 0 Å². The SMILES string of the molecule is C[C@@H]1CN(Cc2nccs2)c2ccccc2NC1=O. The largest absolute Gasteiger partial charge is 0.362 e. The van der Waals surface area contributed by atoms with Gasteiger partial charge in [0, 0.05) is 18.1 Å². The summed E-state index contributed by atoms with van der Waals surface area (Å²) in [6.45, 7) is 3.41. The Morgan fingerprint density at radius 3 is 3.11 bits per heavy atom. The van der Waals surface area contributed by atoms with Crippen LogP contribution in [0.4, 0.5) is 11.4 Å². The van der Waals surface area contributed by atoms with Crippen molar-refractivity contribution in [2.45, 2.75) is 13.5 Å². The van der Waals surface area contributed by atoms with E-state index < -0.39 is 0 Å². The van der Waals surface area contributed by atoms with Gasteiger partial charge in [0.25, 0.3) is 0 Å². The first-order valence-corrected chi connectivity index (χ1v) is 7.15. The number of nitrogens with one attached hydrogen (secondary N) is 1. The molecule has 0 aliphatic carbocycles. The Balaban J connectivity index is 1.95. The highest BCUT2D eigenvalue weighted by Gasteiger charge is 2.24. The lowest BCUT2D eigenvalue weighted by molar-refractivity contribution is -0.119. The zero-order chi connectivity index (χ0) is 13.2. The first-order valence-electron chi connectivity index (χ1n) is 6.27. The number of para-hydroxylation sites is 2. The van der Waals surface area contributed by atoms with Crippen molar-refractivity contribution in [2.24, 2.45) is 5.92 Å². The van der Waals surface area contributed by atoms with E-state index in [4.69, 9.17) is 0 Å². The lowest BCUT2D eigenvalue weighted by atomic mass is 10.1.